The molecule has 26 heavy (non-hydrogen) atoms. The van der Waals surface area contributed by atoms with Gasteiger partial charge < -0.3 is 15.4 Å². The number of nitrogens with two attached hydrogens (primary N) is 1. The number of primary amides is 1. The number of amides is 2. The predicted molar refractivity (Wildman–Crippen MR) is 94.5 cm³/mol. The van der Waals surface area contributed by atoms with Crippen LogP contribution in [0.5, 0.6) is 0 Å². The Morgan fingerprint density at radius 2 is 1.81 bits per heavy atom. The quantitative estimate of drug-likeness (QED) is 0.572. The molecule has 0 radical (unpaired) electrons. The molecule has 1 saturated heterocycles. The molecule has 1 aliphatic rings. The second-order valence-corrected chi connectivity index (χ2v) is 6.53. The highest BCUT2D eigenvalue weighted by Gasteiger charge is 2.30. The lowest BCUT2D eigenvalue weighted by molar-refractivity contribution is -0.154. The van der Waals surface area contributed by atoms with Crippen LogP contribution >= 0.6 is 11.6 Å². The molecule has 1 aromatic carbocycles. The average molecular weight is 381 g/mol. The Hall–Kier alpha value is -2.41. The molecule has 2 N–H and O–H groups in total. The van der Waals surface area contributed by atoms with Crippen molar-refractivity contribution in [3.8, 4) is 0 Å². The van der Waals surface area contributed by atoms with E-state index in [0.29, 0.717) is 23.6 Å². The van der Waals surface area contributed by atoms with Gasteiger partial charge in [0.05, 0.1) is 6.42 Å². The molecule has 2 amide bonds. The summed E-state index contributed by atoms with van der Waals surface area (Å²) in [7, 11) is 0. The zero-order chi connectivity index (χ0) is 19.1. The van der Waals surface area contributed by atoms with E-state index >= 15 is 0 Å². The maximum Gasteiger partial charge on any atom is 0.306 e. The topological polar surface area (TPSA) is 107 Å². The first kappa shape index (κ1) is 19.9. The maximum atomic E-state index is 12.2. The molecule has 1 atom stereocenters. The van der Waals surface area contributed by atoms with E-state index < -0.39 is 30.4 Å². The van der Waals surface area contributed by atoms with Gasteiger partial charge in [0.15, 0.2) is 12.4 Å². The Balaban J connectivity index is 1.77. The van der Waals surface area contributed by atoms with Gasteiger partial charge in [0.1, 0.15) is 6.04 Å². The van der Waals surface area contributed by atoms with Crippen LogP contribution in [0.4, 0.5) is 0 Å². The first-order chi connectivity index (χ1) is 12.4. The molecule has 0 aliphatic carbocycles. The fourth-order valence-corrected chi connectivity index (χ4v) is 2.94. The molecule has 7 nitrogen and oxygen atoms in total. The van der Waals surface area contributed by atoms with Crippen LogP contribution in [0.3, 0.4) is 0 Å². The average Bonchev–Trinajstić information content (AvgIpc) is 2.64. The zero-order valence-electron chi connectivity index (χ0n) is 14.3. The number of esters is 1. The van der Waals surface area contributed by atoms with Crippen molar-refractivity contribution in [3.05, 3.63) is 34.9 Å². The maximum absolute atomic E-state index is 12.2. The van der Waals surface area contributed by atoms with Gasteiger partial charge in [-0.15, -0.1) is 0 Å². The predicted octanol–water partition coefficient (Wildman–Crippen LogP) is 1.71. The molecule has 0 bridgehead atoms. The van der Waals surface area contributed by atoms with Gasteiger partial charge in [0.25, 0.3) is 5.91 Å². The second-order valence-electron chi connectivity index (χ2n) is 6.09. The largest absolute Gasteiger partial charge is 0.456 e. The van der Waals surface area contributed by atoms with Crippen molar-refractivity contribution in [2.75, 3.05) is 13.2 Å². The van der Waals surface area contributed by atoms with Crippen molar-refractivity contribution in [2.45, 2.75) is 38.1 Å². The lowest BCUT2D eigenvalue weighted by atomic mass is 10.0. The fraction of sp³-hybridized carbons (Fsp3) is 0.444. The molecule has 2 rings (SSSR count). The van der Waals surface area contributed by atoms with Crippen LogP contribution in [0.15, 0.2) is 24.3 Å². The van der Waals surface area contributed by atoms with Crippen LogP contribution < -0.4 is 5.73 Å². The number of ketones is 1. The van der Waals surface area contributed by atoms with Gasteiger partial charge in [-0.1, -0.05) is 11.6 Å². The van der Waals surface area contributed by atoms with Crippen LogP contribution in [0.1, 0.15) is 42.5 Å². The van der Waals surface area contributed by atoms with E-state index in [1.54, 1.807) is 24.3 Å². The number of rotatable bonds is 7. The number of halogens is 1. The molecule has 1 aliphatic heterocycles. The van der Waals surface area contributed by atoms with Crippen molar-refractivity contribution >= 4 is 35.2 Å². The molecule has 8 heteroatoms. The van der Waals surface area contributed by atoms with Crippen LogP contribution in [0, 0.1) is 0 Å². The summed E-state index contributed by atoms with van der Waals surface area (Å²) in [5.41, 5.74) is 5.77. The first-order valence-corrected chi connectivity index (χ1v) is 8.79. The number of benzene rings is 1. The SMILES string of the molecule is NC(=O)[C@H]1CCCCN1C(=O)COC(=O)CCC(=O)c1ccc(Cl)cc1. The van der Waals surface area contributed by atoms with Crippen molar-refractivity contribution < 1.29 is 23.9 Å². The van der Waals surface area contributed by atoms with Gasteiger partial charge in [0, 0.05) is 23.6 Å². The number of carbonyl (C=O) groups excluding carboxylic acids is 4. The van der Waals surface area contributed by atoms with E-state index in [9.17, 15) is 19.2 Å². The zero-order valence-corrected chi connectivity index (χ0v) is 15.0. The third-order valence-electron chi connectivity index (χ3n) is 4.23. The molecular formula is C18H21ClN2O5. The number of carbonyl (C=O) groups is 4. The highest BCUT2D eigenvalue weighted by molar-refractivity contribution is 6.30. The molecule has 0 spiro atoms. The summed E-state index contributed by atoms with van der Waals surface area (Å²) in [5.74, 6) is -1.87. The van der Waals surface area contributed by atoms with E-state index in [1.807, 2.05) is 0 Å². The van der Waals surface area contributed by atoms with Gasteiger partial charge >= 0.3 is 5.97 Å². The molecule has 0 aromatic heterocycles. The summed E-state index contributed by atoms with van der Waals surface area (Å²) in [6, 6.07) is 5.71. The van der Waals surface area contributed by atoms with Crippen LogP contribution in [0.25, 0.3) is 0 Å². The highest BCUT2D eigenvalue weighted by Crippen LogP contribution is 2.17. The number of hydrogen-bond acceptors (Lipinski definition) is 5. The highest BCUT2D eigenvalue weighted by atomic mass is 35.5. The Morgan fingerprint density at radius 3 is 2.46 bits per heavy atom. The number of likely N-dealkylation sites (tertiary alicyclic amines) is 1. The molecule has 140 valence electrons. The Morgan fingerprint density at radius 1 is 1.12 bits per heavy atom. The standard InChI is InChI=1S/C18H21ClN2O5/c19-13-6-4-12(5-7-13)15(22)8-9-17(24)26-11-16(23)21-10-2-1-3-14(21)18(20)25/h4-7,14H,1-3,8-11H2,(H2,20,25)/t14-/m1/s1. The van der Waals surface area contributed by atoms with Crippen molar-refractivity contribution in [1.82, 2.24) is 4.90 Å². The lowest BCUT2D eigenvalue weighted by Gasteiger charge is -2.33. The minimum Gasteiger partial charge on any atom is -0.456 e. The third-order valence-corrected chi connectivity index (χ3v) is 4.48. The van der Waals surface area contributed by atoms with Crippen LogP contribution in [-0.2, 0) is 19.1 Å². The van der Waals surface area contributed by atoms with Crippen molar-refractivity contribution in [3.63, 3.8) is 0 Å². The molecule has 1 heterocycles. The molecule has 1 aromatic rings. The fourth-order valence-electron chi connectivity index (χ4n) is 2.82. The van der Waals surface area contributed by atoms with Gasteiger partial charge in [-0.25, -0.2) is 0 Å². The van der Waals surface area contributed by atoms with E-state index in [-0.39, 0.29) is 18.6 Å². The summed E-state index contributed by atoms with van der Waals surface area (Å²) >= 11 is 5.76. The number of hydrogen-bond donors (Lipinski definition) is 1. The molecule has 0 unspecified atom stereocenters. The normalized spacial score (nSPS) is 16.8. The number of nitrogens with zero attached hydrogens (tertiary/aromatic N) is 1. The summed E-state index contributed by atoms with van der Waals surface area (Å²) in [6.07, 6.45) is 1.96. The summed E-state index contributed by atoms with van der Waals surface area (Å²) in [6.45, 7) is -0.0448. The Labute approximate surface area is 156 Å². The van der Waals surface area contributed by atoms with Gasteiger partial charge in [-0.2, -0.15) is 0 Å². The van der Waals surface area contributed by atoms with E-state index in [2.05, 4.69) is 0 Å². The number of piperidine rings is 1. The lowest BCUT2D eigenvalue weighted by Crippen LogP contribution is -2.51. The van der Waals surface area contributed by atoms with E-state index in [4.69, 9.17) is 22.1 Å². The monoisotopic (exact) mass is 380 g/mol. The minimum absolute atomic E-state index is 0.0255. The molecular weight excluding hydrogens is 360 g/mol. The van der Waals surface area contributed by atoms with Crippen molar-refractivity contribution in [2.24, 2.45) is 5.73 Å². The van der Waals surface area contributed by atoms with E-state index in [1.165, 1.54) is 4.90 Å². The number of ether oxygens (including phenoxy) is 1. The molecule has 0 saturated carbocycles. The summed E-state index contributed by atoms with van der Waals surface area (Å²) in [5, 5.41) is 0.520. The Kier molecular flexibility index (Phi) is 7.15. The van der Waals surface area contributed by atoms with Gasteiger partial charge in [-0.05, 0) is 43.5 Å². The number of Topliss-reactive ketones (excluding diaryl/α,β-unsaturated/α-hetero) is 1. The smallest absolute Gasteiger partial charge is 0.306 e. The van der Waals surface area contributed by atoms with Gasteiger partial charge in [-0.3, -0.25) is 19.2 Å². The summed E-state index contributed by atoms with van der Waals surface area (Å²) in [4.78, 5) is 48.7. The van der Waals surface area contributed by atoms with Crippen LogP contribution in [0.2, 0.25) is 5.02 Å². The van der Waals surface area contributed by atoms with Crippen molar-refractivity contribution in [1.29, 1.82) is 0 Å². The Bertz CT molecular complexity index is 689. The molecule has 1 fully saturated rings. The second kappa shape index (κ2) is 9.33. The third kappa shape index (κ3) is 5.56. The summed E-state index contributed by atoms with van der Waals surface area (Å²) < 4.78 is 4.93. The van der Waals surface area contributed by atoms with E-state index in [0.717, 1.165) is 12.8 Å². The van der Waals surface area contributed by atoms with Crippen LogP contribution in [-0.4, -0.2) is 47.7 Å². The minimum atomic E-state index is -0.651. The van der Waals surface area contributed by atoms with Gasteiger partial charge in [0.2, 0.25) is 5.91 Å². The first-order valence-electron chi connectivity index (χ1n) is 8.41.